The van der Waals surface area contributed by atoms with E-state index >= 15 is 0 Å². The Morgan fingerprint density at radius 2 is 1.94 bits per heavy atom. The molecule has 0 unspecified atom stereocenters. The van der Waals surface area contributed by atoms with Crippen molar-refractivity contribution in [2.75, 3.05) is 0 Å². The third-order valence-electron chi connectivity index (χ3n) is 2.55. The highest BCUT2D eigenvalue weighted by Gasteiger charge is 2.17. The molecule has 0 saturated carbocycles. The Morgan fingerprint density at radius 1 is 1.35 bits per heavy atom. The highest BCUT2D eigenvalue weighted by atomic mass is 16.3. The lowest BCUT2D eigenvalue weighted by Crippen LogP contribution is -2.12. The number of carbonyl (C=O) groups is 1. The van der Waals surface area contributed by atoms with Gasteiger partial charge in [0.15, 0.2) is 5.78 Å². The van der Waals surface area contributed by atoms with E-state index in [1.807, 2.05) is 32.0 Å². The van der Waals surface area contributed by atoms with Gasteiger partial charge in [0.05, 0.1) is 0 Å². The molecule has 0 radical (unpaired) electrons. The molecule has 0 aliphatic carbocycles. The van der Waals surface area contributed by atoms with Crippen LogP contribution < -0.4 is 0 Å². The molecule has 0 heterocycles. The van der Waals surface area contributed by atoms with Crippen molar-refractivity contribution in [1.29, 1.82) is 0 Å². The average Bonchev–Trinajstić information content (AvgIpc) is 2.29. The van der Waals surface area contributed by atoms with E-state index in [9.17, 15) is 9.90 Å². The molecule has 1 aromatic rings. The van der Waals surface area contributed by atoms with Gasteiger partial charge >= 0.3 is 0 Å². The van der Waals surface area contributed by atoms with Gasteiger partial charge in [-0.1, -0.05) is 50.3 Å². The number of hydrogen-bond acceptors (Lipinski definition) is 2. The molecular weight excluding hydrogens is 212 g/mol. The molecule has 1 aromatic carbocycles. The zero-order valence-electron chi connectivity index (χ0n) is 10.3. The van der Waals surface area contributed by atoms with Crippen LogP contribution in [0.15, 0.2) is 49.1 Å². The molecule has 0 bridgehead atoms. The summed E-state index contributed by atoms with van der Waals surface area (Å²) in [6.07, 6.45) is 3.37. The monoisotopic (exact) mass is 230 g/mol. The first-order valence-corrected chi connectivity index (χ1v) is 5.57. The van der Waals surface area contributed by atoms with Gasteiger partial charge in [0.25, 0.3) is 0 Å². The number of carbonyl (C=O) groups excluding carboxylic acids is 1. The molecule has 1 rings (SSSR count). The lowest BCUT2D eigenvalue weighted by Gasteiger charge is -2.17. The Hall–Kier alpha value is -1.83. The van der Waals surface area contributed by atoms with E-state index in [1.54, 1.807) is 18.2 Å². The van der Waals surface area contributed by atoms with Crippen molar-refractivity contribution in [1.82, 2.24) is 0 Å². The lowest BCUT2D eigenvalue weighted by atomic mass is 9.87. The van der Waals surface area contributed by atoms with Crippen LogP contribution in [0, 0.1) is 5.41 Å². The van der Waals surface area contributed by atoms with Crippen molar-refractivity contribution < 1.29 is 9.90 Å². The third kappa shape index (κ3) is 4.27. The molecule has 0 spiro atoms. The molecule has 0 fully saturated rings. The summed E-state index contributed by atoms with van der Waals surface area (Å²) in [5.74, 6) is -0.0910. The minimum Gasteiger partial charge on any atom is -0.507 e. The summed E-state index contributed by atoms with van der Waals surface area (Å²) in [6.45, 7) is 7.56. The molecule has 0 amide bonds. The molecule has 2 heteroatoms. The molecule has 0 saturated heterocycles. The molecular formula is C15H18O2. The average molecular weight is 230 g/mol. The van der Waals surface area contributed by atoms with Crippen LogP contribution in [0.25, 0.3) is 5.76 Å². The highest BCUT2D eigenvalue weighted by molar-refractivity contribution is 5.95. The summed E-state index contributed by atoms with van der Waals surface area (Å²) in [6, 6.07) is 9.02. The number of aliphatic hydroxyl groups is 1. The minimum absolute atomic E-state index is 0.00969. The zero-order chi connectivity index (χ0) is 12.9. The number of allylic oxidation sites excluding steroid dienone is 2. The van der Waals surface area contributed by atoms with Crippen molar-refractivity contribution in [2.24, 2.45) is 5.41 Å². The van der Waals surface area contributed by atoms with Crippen LogP contribution in [0.5, 0.6) is 0 Å². The van der Waals surface area contributed by atoms with Gasteiger partial charge in [-0.3, -0.25) is 4.79 Å². The molecule has 0 aromatic heterocycles. The van der Waals surface area contributed by atoms with Crippen LogP contribution in [0.4, 0.5) is 0 Å². The number of hydrogen-bond donors (Lipinski definition) is 1. The summed E-state index contributed by atoms with van der Waals surface area (Å²) in [4.78, 5) is 11.7. The Morgan fingerprint density at radius 3 is 2.47 bits per heavy atom. The van der Waals surface area contributed by atoms with E-state index in [-0.39, 0.29) is 17.0 Å². The SMILES string of the molecule is C=CC(C)(C)CC(=O)C=C(O)c1ccccc1. The lowest BCUT2D eigenvalue weighted by molar-refractivity contribution is -0.115. The summed E-state index contributed by atoms with van der Waals surface area (Å²) in [5.41, 5.74) is 0.405. The van der Waals surface area contributed by atoms with E-state index in [1.165, 1.54) is 6.08 Å². The standard InChI is InChI=1S/C15H18O2/c1-4-15(2,3)11-13(16)10-14(17)12-8-6-5-7-9-12/h4-10,17H,1,11H2,2-3H3. The fourth-order valence-electron chi connectivity index (χ4n) is 1.42. The number of aliphatic hydroxyl groups excluding tert-OH is 1. The Balaban J connectivity index is 2.77. The zero-order valence-corrected chi connectivity index (χ0v) is 10.3. The topological polar surface area (TPSA) is 37.3 Å². The fraction of sp³-hybridized carbons (Fsp3) is 0.267. The Kier molecular flexibility index (Phi) is 4.27. The maximum Gasteiger partial charge on any atom is 0.160 e. The van der Waals surface area contributed by atoms with Gasteiger partial charge in [0.1, 0.15) is 5.76 Å². The van der Waals surface area contributed by atoms with E-state index in [4.69, 9.17) is 0 Å². The predicted octanol–water partition coefficient (Wildman–Crippen LogP) is 3.76. The van der Waals surface area contributed by atoms with E-state index in [0.29, 0.717) is 12.0 Å². The molecule has 0 atom stereocenters. The minimum atomic E-state index is -0.245. The van der Waals surface area contributed by atoms with Crippen LogP contribution in [0.1, 0.15) is 25.8 Å². The number of ketones is 1. The smallest absolute Gasteiger partial charge is 0.160 e. The second-order valence-corrected chi connectivity index (χ2v) is 4.73. The molecule has 0 aliphatic heterocycles. The second kappa shape index (κ2) is 5.48. The fourth-order valence-corrected chi connectivity index (χ4v) is 1.42. The summed E-state index contributed by atoms with van der Waals surface area (Å²) in [5, 5.41) is 9.77. The van der Waals surface area contributed by atoms with Gasteiger partial charge < -0.3 is 5.11 Å². The van der Waals surface area contributed by atoms with Gasteiger partial charge in [-0.15, -0.1) is 6.58 Å². The molecule has 1 N–H and O–H groups in total. The van der Waals surface area contributed by atoms with Crippen LogP contribution >= 0.6 is 0 Å². The van der Waals surface area contributed by atoms with Crippen LogP contribution in [0.3, 0.4) is 0 Å². The van der Waals surface area contributed by atoms with Crippen LogP contribution in [-0.4, -0.2) is 10.9 Å². The number of rotatable bonds is 5. The molecule has 90 valence electrons. The number of benzene rings is 1. The van der Waals surface area contributed by atoms with Gasteiger partial charge in [-0.25, -0.2) is 0 Å². The first-order chi connectivity index (χ1) is 7.94. The summed E-state index contributed by atoms with van der Waals surface area (Å²) < 4.78 is 0. The van der Waals surface area contributed by atoms with Gasteiger partial charge in [-0.2, -0.15) is 0 Å². The first-order valence-electron chi connectivity index (χ1n) is 5.57. The Labute approximate surface area is 102 Å². The largest absolute Gasteiger partial charge is 0.507 e. The summed E-state index contributed by atoms with van der Waals surface area (Å²) >= 11 is 0. The van der Waals surface area contributed by atoms with Crippen LogP contribution in [0.2, 0.25) is 0 Å². The maximum atomic E-state index is 11.7. The van der Waals surface area contributed by atoms with Crippen molar-refractivity contribution in [3.05, 3.63) is 54.6 Å². The normalized spacial score (nSPS) is 12.2. The maximum absolute atomic E-state index is 11.7. The Bertz CT molecular complexity index is 427. The van der Waals surface area contributed by atoms with Crippen LogP contribution in [-0.2, 0) is 4.79 Å². The van der Waals surface area contributed by atoms with E-state index < -0.39 is 0 Å². The molecule has 0 aliphatic rings. The van der Waals surface area contributed by atoms with Gasteiger partial charge in [0, 0.05) is 18.1 Å². The van der Waals surface area contributed by atoms with Gasteiger partial charge in [-0.05, 0) is 5.41 Å². The van der Waals surface area contributed by atoms with Crippen molar-refractivity contribution in [2.45, 2.75) is 20.3 Å². The molecule has 17 heavy (non-hydrogen) atoms. The van der Waals surface area contributed by atoms with Crippen molar-refractivity contribution in [3.8, 4) is 0 Å². The van der Waals surface area contributed by atoms with E-state index in [2.05, 4.69) is 6.58 Å². The van der Waals surface area contributed by atoms with Gasteiger partial charge in [0.2, 0.25) is 0 Å². The second-order valence-electron chi connectivity index (χ2n) is 4.73. The quantitative estimate of drug-likeness (QED) is 0.475. The van der Waals surface area contributed by atoms with Crippen molar-refractivity contribution >= 4 is 11.5 Å². The molecule has 2 nitrogen and oxygen atoms in total. The van der Waals surface area contributed by atoms with Crippen molar-refractivity contribution in [3.63, 3.8) is 0 Å². The first kappa shape index (κ1) is 13.2. The van der Waals surface area contributed by atoms with E-state index in [0.717, 1.165) is 0 Å². The summed E-state index contributed by atoms with van der Waals surface area (Å²) in [7, 11) is 0. The third-order valence-corrected chi connectivity index (χ3v) is 2.55. The predicted molar refractivity (Wildman–Crippen MR) is 70.6 cm³/mol. The highest BCUT2D eigenvalue weighted by Crippen LogP contribution is 2.22.